The minimum absolute atomic E-state index is 0.145. The molecule has 3 rings (SSSR count). The van der Waals surface area contributed by atoms with Crippen LogP contribution in [0.25, 0.3) is 10.9 Å². The van der Waals surface area contributed by atoms with Crippen LogP contribution in [0.2, 0.25) is 0 Å². The Morgan fingerprint density at radius 2 is 2.13 bits per heavy atom. The van der Waals surface area contributed by atoms with Gasteiger partial charge in [0.05, 0.1) is 22.7 Å². The second-order valence-corrected chi connectivity index (χ2v) is 5.95. The van der Waals surface area contributed by atoms with E-state index in [1.54, 1.807) is 6.20 Å². The van der Waals surface area contributed by atoms with Crippen LogP contribution in [0.3, 0.4) is 0 Å². The summed E-state index contributed by atoms with van der Waals surface area (Å²) < 4.78 is 0. The number of nitrogens with one attached hydrogen (secondary N) is 2. The molecule has 0 unspecified atom stereocenters. The van der Waals surface area contributed by atoms with Gasteiger partial charge in [0.1, 0.15) is 0 Å². The monoisotopic (exact) mass is 324 g/mol. The Bertz CT molecular complexity index is 837. The van der Waals surface area contributed by atoms with E-state index in [1.165, 1.54) is 11.8 Å². The number of aromatic amines is 1. The number of nitrogens with zero attached hydrogens (tertiary/aromatic N) is 2. The van der Waals surface area contributed by atoms with Crippen LogP contribution in [0.5, 0.6) is 0 Å². The Hall–Kier alpha value is -2.60. The minimum Gasteiger partial charge on any atom is -0.360 e. The van der Waals surface area contributed by atoms with Crippen LogP contribution in [0.15, 0.2) is 64.9 Å². The maximum Gasteiger partial charge on any atom is 0.250 e. The number of hydrogen-bond donors (Lipinski definition) is 2. The maximum absolute atomic E-state index is 12.0. The summed E-state index contributed by atoms with van der Waals surface area (Å²) in [6, 6.07) is 13.7. The van der Waals surface area contributed by atoms with E-state index in [0.29, 0.717) is 0 Å². The van der Waals surface area contributed by atoms with E-state index in [-0.39, 0.29) is 11.7 Å². The highest BCUT2D eigenvalue weighted by atomic mass is 32.2. The number of para-hydroxylation sites is 1. The number of aromatic nitrogens is 2. The molecule has 0 bridgehead atoms. The molecular weight excluding hydrogens is 308 g/mol. The third-order valence-electron chi connectivity index (χ3n) is 3.29. The summed E-state index contributed by atoms with van der Waals surface area (Å²) in [6.07, 6.45) is 3.58. The Morgan fingerprint density at radius 1 is 1.26 bits per heavy atom. The second-order valence-electron chi connectivity index (χ2n) is 4.94. The fourth-order valence-corrected chi connectivity index (χ4v) is 2.96. The number of amides is 1. The van der Waals surface area contributed by atoms with E-state index in [2.05, 4.69) is 20.5 Å². The first kappa shape index (κ1) is 15.3. The van der Waals surface area contributed by atoms with Gasteiger partial charge >= 0.3 is 0 Å². The van der Waals surface area contributed by atoms with Crippen molar-refractivity contribution in [3.8, 4) is 0 Å². The van der Waals surface area contributed by atoms with E-state index < -0.39 is 0 Å². The summed E-state index contributed by atoms with van der Waals surface area (Å²) in [5.74, 6) is 0.144. The van der Waals surface area contributed by atoms with Gasteiger partial charge in [-0.15, -0.1) is 11.8 Å². The van der Waals surface area contributed by atoms with Crippen LogP contribution in [-0.2, 0) is 4.79 Å². The largest absolute Gasteiger partial charge is 0.360 e. The number of carbonyl (C=O) groups excluding carboxylic acids is 1. The molecule has 3 aromatic rings. The van der Waals surface area contributed by atoms with Crippen LogP contribution >= 0.6 is 11.8 Å². The number of rotatable bonds is 5. The first-order chi connectivity index (χ1) is 11.2. The SMILES string of the molecule is C/C(=N\NC(=O)CSc1cccc2cccnc12)c1ccc[nH]1. The predicted molar refractivity (Wildman–Crippen MR) is 93.6 cm³/mol. The molecule has 2 heterocycles. The third kappa shape index (κ3) is 3.78. The summed E-state index contributed by atoms with van der Waals surface area (Å²) in [6.45, 7) is 1.84. The van der Waals surface area contributed by atoms with Gasteiger partial charge in [-0.1, -0.05) is 18.2 Å². The van der Waals surface area contributed by atoms with E-state index in [9.17, 15) is 4.79 Å². The molecule has 0 aliphatic rings. The molecule has 0 aliphatic heterocycles. The lowest BCUT2D eigenvalue weighted by Crippen LogP contribution is -2.21. The highest BCUT2D eigenvalue weighted by Gasteiger charge is 2.06. The van der Waals surface area contributed by atoms with Crippen molar-refractivity contribution in [2.24, 2.45) is 5.10 Å². The zero-order valence-corrected chi connectivity index (χ0v) is 13.4. The molecule has 1 amide bonds. The first-order valence-corrected chi connectivity index (χ1v) is 8.16. The second kappa shape index (κ2) is 7.11. The van der Waals surface area contributed by atoms with Crippen LogP contribution in [0, 0.1) is 0 Å². The Morgan fingerprint density at radius 3 is 2.96 bits per heavy atom. The first-order valence-electron chi connectivity index (χ1n) is 7.17. The summed E-state index contributed by atoms with van der Waals surface area (Å²) in [4.78, 5) is 20.4. The standard InChI is InChI=1S/C17H16N4OS/c1-12(14-7-4-9-18-14)20-21-16(22)11-23-15-8-2-5-13-6-3-10-19-17(13)15/h2-10,18H,11H2,1H3,(H,21,22)/b20-12+. The fraction of sp³-hybridized carbons (Fsp3) is 0.118. The third-order valence-corrected chi connectivity index (χ3v) is 4.34. The molecular formula is C17H16N4OS. The highest BCUT2D eigenvalue weighted by molar-refractivity contribution is 8.00. The van der Waals surface area contributed by atoms with Crippen molar-refractivity contribution in [1.29, 1.82) is 0 Å². The van der Waals surface area contributed by atoms with Crippen molar-refractivity contribution in [2.75, 3.05) is 5.75 Å². The summed E-state index contributed by atoms with van der Waals surface area (Å²) >= 11 is 1.46. The Balaban J connectivity index is 1.61. The number of thioether (sulfide) groups is 1. The number of hydrogen-bond acceptors (Lipinski definition) is 4. The minimum atomic E-state index is -0.145. The Kier molecular flexibility index (Phi) is 4.73. The van der Waals surface area contributed by atoms with Gasteiger partial charge < -0.3 is 4.98 Å². The van der Waals surface area contributed by atoms with E-state index >= 15 is 0 Å². The number of carbonyl (C=O) groups is 1. The summed E-state index contributed by atoms with van der Waals surface area (Å²) in [7, 11) is 0. The topological polar surface area (TPSA) is 70.1 Å². The van der Waals surface area contributed by atoms with Crippen molar-refractivity contribution in [1.82, 2.24) is 15.4 Å². The van der Waals surface area contributed by atoms with E-state index in [4.69, 9.17) is 0 Å². The highest BCUT2D eigenvalue weighted by Crippen LogP contribution is 2.25. The van der Waals surface area contributed by atoms with Crippen molar-refractivity contribution in [2.45, 2.75) is 11.8 Å². The lowest BCUT2D eigenvalue weighted by molar-refractivity contribution is -0.118. The molecule has 6 heteroatoms. The fourth-order valence-electron chi connectivity index (χ4n) is 2.13. The van der Waals surface area contributed by atoms with Gasteiger partial charge in [-0.05, 0) is 31.2 Å². The lowest BCUT2D eigenvalue weighted by atomic mass is 10.2. The number of H-pyrrole nitrogens is 1. The molecule has 0 saturated carbocycles. The Labute approximate surface area is 138 Å². The maximum atomic E-state index is 12.0. The number of hydrazone groups is 1. The normalized spacial score (nSPS) is 11.6. The van der Waals surface area contributed by atoms with Gasteiger partial charge in [-0.2, -0.15) is 5.10 Å². The lowest BCUT2D eigenvalue weighted by Gasteiger charge is -2.05. The quantitative estimate of drug-likeness (QED) is 0.430. The smallest absolute Gasteiger partial charge is 0.250 e. The molecule has 0 spiro atoms. The van der Waals surface area contributed by atoms with Gasteiger partial charge in [-0.3, -0.25) is 9.78 Å². The van der Waals surface area contributed by atoms with Gasteiger partial charge in [0.2, 0.25) is 5.91 Å². The number of benzene rings is 1. The molecule has 2 aromatic heterocycles. The van der Waals surface area contributed by atoms with Gasteiger partial charge in [0, 0.05) is 22.7 Å². The van der Waals surface area contributed by atoms with Crippen LogP contribution in [0.4, 0.5) is 0 Å². The summed E-state index contributed by atoms with van der Waals surface area (Å²) in [5, 5.41) is 5.17. The molecule has 5 nitrogen and oxygen atoms in total. The van der Waals surface area contributed by atoms with E-state index in [0.717, 1.165) is 27.2 Å². The molecule has 1 aromatic carbocycles. The zero-order chi connectivity index (χ0) is 16.1. The van der Waals surface area contributed by atoms with Crippen molar-refractivity contribution >= 4 is 34.3 Å². The molecule has 0 aliphatic carbocycles. The molecule has 0 fully saturated rings. The average molecular weight is 324 g/mol. The molecule has 0 atom stereocenters. The predicted octanol–water partition coefficient (Wildman–Crippen LogP) is 3.20. The van der Waals surface area contributed by atoms with Gasteiger partial charge in [0.25, 0.3) is 0 Å². The molecule has 2 N–H and O–H groups in total. The van der Waals surface area contributed by atoms with Gasteiger partial charge in [0.15, 0.2) is 0 Å². The molecule has 0 saturated heterocycles. The van der Waals surface area contributed by atoms with Crippen molar-refractivity contribution in [3.05, 3.63) is 60.6 Å². The number of fused-ring (bicyclic) bond motifs is 1. The van der Waals surface area contributed by atoms with E-state index in [1.807, 2.05) is 55.6 Å². The molecule has 23 heavy (non-hydrogen) atoms. The van der Waals surface area contributed by atoms with Gasteiger partial charge in [-0.25, -0.2) is 5.43 Å². The van der Waals surface area contributed by atoms with Crippen molar-refractivity contribution in [3.63, 3.8) is 0 Å². The average Bonchev–Trinajstić information content (AvgIpc) is 3.12. The molecule has 116 valence electrons. The van der Waals surface area contributed by atoms with Crippen LogP contribution in [-0.4, -0.2) is 27.3 Å². The van der Waals surface area contributed by atoms with Crippen LogP contribution in [0.1, 0.15) is 12.6 Å². The summed E-state index contributed by atoms with van der Waals surface area (Å²) in [5.41, 5.74) is 5.11. The van der Waals surface area contributed by atoms with Crippen LogP contribution < -0.4 is 5.43 Å². The number of pyridine rings is 1. The van der Waals surface area contributed by atoms with Crippen molar-refractivity contribution < 1.29 is 4.79 Å². The molecule has 0 radical (unpaired) electrons. The zero-order valence-electron chi connectivity index (χ0n) is 12.6.